The summed E-state index contributed by atoms with van der Waals surface area (Å²) in [6, 6.07) is 11.6. The minimum Gasteiger partial charge on any atom is -0.493 e. The molecule has 0 N–H and O–H groups in total. The maximum absolute atomic E-state index is 12.6. The van der Waals surface area contributed by atoms with Gasteiger partial charge in [-0.2, -0.15) is 0 Å². The lowest BCUT2D eigenvalue weighted by Crippen LogP contribution is -2.36. The van der Waals surface area contributed by atoms with E-state index >= 15 is 0 Å². The maximum Gasteiger partial charge on any atom is 0.296 e. The predicted octanol–water partition coefficient (Wildman–Crippen LogP) is 4.61. The molecule has 7 heteroatoms. The molecule has 1 aromatic carbocycles. The molecule has 1 aliphatic rings. The fourth-order valence-electron chi connectivity index (χ4n) is 3.16. The number of aromatic nitrogens is 1. The van der Waals surface area contributed by atoms with E-state index in [4.69, 9.17) is 4.74 Å². The number of benzene rings is 1. The number of imide groups is 3. The van der Waals surface area contributed by atoms with Crippen LogP contribution in [0.5, 0.6) is 5.75 Å². The minimum absolute atomic E-state index is 0.161. The number of thioether (sulfide) groups is 1. The number of rotatable bonds is 9. The molecule has 1 atom stereocenters. The van der Waals surface area contributed by atoms with E-state index in [2.05, 4.69) is 18.0 Å². The summed E-state index contributed by atoms with van der Waals surface area (Å²) in [6.07, 6.45) is 6.93. The van der Waals surface area contributed by atoms with Crippen molar-refractivity contribution in [1.29, 1.82) is 0 Å². The molecule has 2 aromatic rings. The number of carbonyl (C=O) groups excluding carboxylic acids is 3. The second-order valence-corrected chi connectivity index (χ2v) is 9.10. The average Bonchev–Trinajstić information content (AvgIpc) is 3.06. The van der Waals surface area contributed by atoms with Gasteiger partial charge in [-0.15, -0.1) is 0 Å². The zero-order valence-corrected chi connectivity index (χ0v) is 19.4. The number of allylic oxidation sites excluding steroid dienone is 1. The first-order valence-corrected chi connectivity index (χ1v) is 11.7. The molecule has 0 bridgehead atoms. The van der Waals surface area contributed by atoms with E-state index in [0.717, 1.165) is 46.5 Å². The summed E-state index contributed by atoms with van der Waals surface area (Å²) in [5.41, 5.74) is 3.10. The van der Waals surface area contributed by atoms with Crippen LogP contribution in [0.25, 0.3) is 0 Å². The summed E-state index contributed by atoms with van der Waals surface area (Å²) in [6.45, 7) is 6.46. The van der Waals surface area contributed by atoms with Gasteiger partial charge in [0.05, 0.1) is 11.9 Å². The van der Waals surface area contributed by atoms with E-state index in [1.807, 2.05) is 50.4 Å². The molecule has 3 amide bonds. The summed E-state index contributed by atoms with van der Waals surface area (Å²) in [4.78, 5) is 42.2. The average molecular weight is 453 g/mol. The van der Waals surface area contributed by atoms with Crippen LogP contribution >= 0.6 is 11.8 Å². The lowest BCUT2D eigenvalue weighted by Gasteiger charge is -2.11. The molecular formula is C25H28N2O4S. The summed E-state index contributed by atoms with van der Waals surface area (Å²) >= 11 is 0.902. The fraction of sp³-hybridized carbons (Fsp3) is 0.360. The fourth-order valence-corrected chi connectivity index (χ4v) is 4.17. The number of hydrogen-bond donors (Lipinski definition) is 0. The van der Waals surface area contributed by atoms with Gasteiger partial charge in [0.1, 0.15) is 5.75 Å². The predicted molar refractivity (Wildman–Crippen MR) is 126 cm³/mol. The van der Waals surface area contributed by atoms with Gasteiger partial charge in [-0.05, 0) is 48.1 Å². The van der Waals surface area contributed by atoms with Crippen molar-refractivity contribution in [2.75, 3.05) is 6.61 Å². The van der Waals surface area contributed by atoms with Crippen LogP contribution in [-0.2, 0) is 28.9 Å². The first kappa shape index (κ1) is 23.7. The summed E-state index contributed by atoms with van der Waals surface area (Å²) < 4.78 is 5.80. The highest BCUT2D eigenvalue weighted by atomic mass is 32.2. The van der Waals surface area contributed by atoms with Gasteiger partial charge in [-0.1, -0.05) is 56.8 Å². The monoisotopic (exact) mass is 452 g/mol. The molecule has 2 heterocycles. The van der Waals surface area contributed by atoms with Gasteiger partial charge in [0.2, 0.25) is 0 Å². The van der Waals surface area contributed by atoms with Crippen molar-refractivity contribution in [2.24, 2.45) is 5.92 Å². The molecule has 0 spiro atoms. The third kappa shape index (κ3) is 6.29. The van der Waals surface area contributed by atoms with Gasteiger partial charge in [-0.25, -0.2) is 4.90 Å². The molecule has 1 fully saturated rings. The second-order valence-electron chi connectivity index (χ2n) is 7.95. The van der Waals surface area contributed by atoms with Gasteiger partial charge < -0.3 is 4.74 Å². The summed E-state index contributed by atoms with van der Waals surface area (Å²) in [7, 11) is 0. The molecule has 0 aliphatic carbocycles. The Bertz CT molecular complexity index is 984. The van der Waals surface area contributed by atoms with Crippen molar-refractivity contribution < 1.29 is 19.1 Å². The van der Waals surface area contributed by atoms with Gasteiger partial charge in [0.25, 0.3) is 17.1 Å². The Morgan fingerprint density at radius 2 is 1.88 bits per heavy atom. The molecule has 1 aliphatic heterocycles. The van der Waals surface area contributed by atoms with Gasteiger partial charge in [0.15, 0.2) is 0 Å². The zero-order valence-electron chi connectivity index (χ0n) is 18.6. The Morgan fingerprint density at radius 1 is 1.16 bits per heavy atom. The van der Waals surface area contributed by atoms with E-state index < -0.39 is 22.3 Å². The highest BCUT2D eigenvalue weighted by molar-refractivity contribution is 8.15. The van der Waals surface area contributed by atoms with E-state index in [-0.39, 0.29) is 5.92 Å². The Labute approximate surface area is 193 Å². The minimum atomic E-state index is -0.595. The Morgan fingerprint density at radius 3 is 2.50 bits per heavy atom. The van der Waals surface area contributed by atoms with Crippen LogP contribution in [0.1, 0.15) is 37.6 Å². The molecule has 1 unspecified atom stereocenters. The summed E-state index contributed by atoms with van der Waals surface area (Å²) in [5, 5.41) is -1.11. The highest BCUT2D eigenvalue weighted by Crippen LogP contribution is 2.30. The van der Waals surface area contributed by atoms with Crippen LogP contribution in [0.4, 0.5) is 4.79 Å². The maximum atomic E-state index is 12.6. The van der Waals surface area contributed by atoms with Crippen LogP contribution in [0.3, 0.4) is 0 Å². The largest absolute Gasteiger partial charge is 0.493 e. The zero-order chi connectivity index (χ0) is 23.1. The number of ether oxygens (including phenoxy) is 1. The van der Waals surface area contributed by atoms with Crippen LogP contribution < -0.4 is 4.74 Å². The number of nitrogens with zero attached hydrogens (tertiary/aromatic N) is 2. The van der Waals surface area contributed by atoms with E-state index in [9.17, 15) is 14.4 Å². The van der Waals surface area contributed by atoms with Crippen molar-refractivity contribution in [2.45, 2.75) is 45.3 Å². The lowest BCUT2D eigenvalue weighted by molar-refractivity contribution is -0.136. The molecule has 32 heavy (non-hydrogen) atoms. The molecule has 1 saturated heterocycles. The molecule has 1 aromatic heterocycles. The van der Waals surface area contributed by atoms with Crippen LogP contribution in [0, 0.1) is 5.92 Å². The molecule has 168 valence electrons. The lowest BCUT2D eigenvalue weighted by atomic mass is 10.1. The van der Waals surface area contributed by atoms with Crippen LogP contribution in [-0.4, -0.2) is 38.8 Å². The number of pyridine rings is 1. The number of amides is 3. The molecule has 3 rings (SSSR count). The van der Waals surface area contributed by atoms with Crippen molar-refractivity contribution in [3.63, 3.8) is 0 Å². The first-order valence-electron chi connectivity index (χ1n) is 10.8. The van der Waals surface area contributed by atoms with E-state index in [0.29, 0.717) is 13.0 Å². The van der Waals surface area contributed by atoms with E-state index in [1.165, 1.54) is 11.6 Å². The summed E-state index contributed by atoms with van der Waals surface area (Å²) in [5.74, 6) is -0.142. The SMILES string of the molecule is CCc1ccc(CCOc2ccc(CC3SC(=O)N(C(=O)/C=C\C(C)C)C3=O)cc2)nc1. The van der Waals surface area contributed by atoms with Crippen LogP contribution in [0.2, 0.25) is 0 Å². The third-order valence-electron chi connectivity index (χ3n) is 5.03. The van der Waals surface area contributed by atoms with Gasteiger partial charge in [0, 0.05) is 24.4 Å². The van der Waals surface area contributed by atoms with Crippen LogP contribution in [0.15, 0.2) is 54.7 Å². The van der Waals surface area contributed by atoms with Crippen molar-refractivity contribution in [1.82, 2.24) is 9.88 Å². The van der Waals surface area contributed by atoms with Crippen molar-refractivity contribution in [3.05, 3.63) is 71.6 Å². The standard InChI is InChI=1S/C25H28N2O4S/c1-4-18-6-9-20(26-16-18)13-14-31-21-10-7-19(8-11-21)15-22-24(29)27(25(30)32-22)23(28)12-5-17(2)3/h5-12,16-17,22H,4,13-15H2,1-3H3/b12-5-. The number of hydrogen-bond acceptors (Lipinski definition) is 6. The Kier molecular flexibility index (Phi) is 8.22. The number of aryl methyl sites for hydroxylation is 1. The molecular weight excluding hydrogens is 424 g/mol. The van der Waals surface area contributed by atoms with E-state index in [1.54, 1.807) is 6.08 Å². The Hall–Kier alpha value is -2.93. The first-order chi connectivity index (χ1) is 15.4. The highest BCUT2D eigenvalue weighted by Gasteiger charge is 2.42. The topological polar surface area (TPSA) is 76.6 Å². The van der Waals surface area contributed by atoms with Gasteiger partial charge in [-0.3, -0.25) is 19.4 Å². The molecule has 0 radical (unpaired) electrons. The molecule has 6 nitrogen and oxygen atoms in total. The van der Waals surface area contributed by atoms with Crippen molar-refractivity contribution in [3.8, 4) is 5.75 Å². The molecule has 0 saturated carbocycles. The Balaban J connectivity index is 1.51. The van der Waals surface area contributed by atoms with Gasteiger partial charge >= 0.3 is 0 Å². The normalized spacial score (nSPS) is 16.4. The second kappa shape index (κ2) is 11.1. The third-order valence-corrected chi connectivity index (χ3v) is 6.07. The smallest absolute Gasteiger partial charge is 0.296 e. The van der Waals surface area contributed by atoms with Crippen molar-refractivity contribution >= 4 is 28.8 Å². The number of carbonyl (C=O) groups is 3. The quantitative estimate of drug-likeness (QED) is 0.517.